The van der Waals surface area contributed by atoms with Crippen molar-refractivity contribution < 1.29 is 13.2 Å². The van der Waals surface area contributed by atoms with E-state index in [9.17, 15) is 13.2 Å². The molecule has 2 N–H and O–H groups in total. The van der Waals surface area contributed by atoms with Crippen LogP contribution in [0.3, 0.4) is 0 Å². The van der Waals surface area contributed by atoms with Crippen molar-refractivity contribution in [2.45, 2.75) is 13.1 Å². The van der Waals surface area contributed by atoms with Crippen molar-refractivity contribution in [2.24, 2.45) is 4.99 Å². The van der Waals surface area contributed by atoms with Crippen LogP contribution < -0.4 is 10.9 Å². The van der Waals surface area contributed by atoms with E-state index >= 15 is 0 Å². The van der Waals surface area contributed by atoms with Gasteiger partial charge < -0.3 is 5.43 Å². The van der Waals surface area contributed by atoms with Crippen LogP contribution in [0.25, 0.3) is 0 Å². The van der Waals surface area contributed by atoms with E-state index in [-0.39, 0.29) is 0 Å². The van der Waals surface area contributed by atoms with Crippen LogP contribution in [0.15, 0.2) is 53.7 Å². The predicted molar refractivity (Wildman–Crippen MR) is 67.9 cm³/mol. The number of alkyl halides is 3. The van der Waals surface area contributed by atoms with E-state index in [0.717, 1.165) is 11.8 Å². The molecule has 0 aromatic rings. The summed E-state index contributed by atoms with van der Waals surface area (Å²) >= 11 is 0. The van der Waals surface area contributed by atoms with Gasteiger partial charge in [-0.05, 0) is 24.1 Å². The maximum absolute atomic E-state index is 12.4. The highest BCUT2D eigenvalue weighted by Gasteiger charge is 2.35. The Balaban J connectivity index is 4.82. The van der Waals surface area contributed by atoms with Gasteiger partial charge in [-0.25, -0.2) is 10.4 Å². The van der Waals surface area contributed by atoms with Gasteiger partial charge in [0.2, 0.25) is 5.84 Å². The molecule has 0 aromatic carbocycles. The van der Waals surface area contributed by atoms with Crippen molar-refractivity contribution in [2.75, 3.05) is 7.05 Å². The fraction of sp³-hybridized carbons (Fsp3) is 0.250. The molecule has 0 fully saturated rings. The molecule has 0 aliphatic carbocycles. The Kier molecular flexibility index (Phi) is 6.74. The molecule has 0 aliphatic heterocycles. The first-order valence-electron chi connectivity index (χ1n) is 5.05. The highest BCUT2D eigenvalue weighted by Crippen LogP contribution is 2.16. The molecule has 18 heavy (non-hydrogen) atoms. The minimum absolute atomic E-state index is 0.560. The van der Waals surface area contributed by atoms with Crippen LogP contribution in [0.4, 0.5) is 13.2 Å². The number of halogens is 3. The van der Waals surface area contributed by atoms with E-state index in [2.05, 4.69) is 23.6 Å². The SMILES string of the molecule is C=C/C=C(\C)C(=C)/C=C\N=C(NNC)C(F)(F)F. The lowest BCUT2D eigenvalue weighted by atomic mass is 10.1. The number of aliphatic imine (C=N–C) groups is 1. The maximum atomic E-state index is 12.4. The molecule has 0 rings (SSSR count). The van der Waals surface area contributed by atoms with Crippen LogP contribution >= 0.6 is 0 Å². The van der Waals surface area contributed by atoms with Crippen molar-refractivity contribution in [3.8, 4) is 0 Å². The second kappa shape index (κ2) is 7.50. The smallest absolute Gasteiger partial charge is 0.302 e. The van der Waals surface area contributed by atoms with Crippen LogP contribution in [-0.4, -0.2) is 19.1 Å². The van der Waals surface area contributed by atoms with E-state index in [1.807, 2.05) is 5.43 Å². The lowest BCUT2D eigenvalue weighted by molar-refractivity contribution is -0.0623. The zero-order chi connectivity index (χ0) is 14.2. The molecule has 100 valence electrons. The minimum atomic E-state index is -4.54. The summed E-state index contributed by atoms with van der Waals surface area (Å²) in [7, 11) is 1.32. The number of allylic oxidation sites excluding steroid dienone is 5. The van der Waals surface area contributed by atoms with E-state index < -0.39 is 12.0 Å². The second-order valence-corrected chi connectivity index (χ2v) is 3.28. The largest absolute Gasteiger partial charge is 0.450 e. The molecule has 0 saturated carbocycles. The van der Waals surface area contributed by atoms with Crippen molar-refractivity contribution in [3.63, 3.8) is 0 Å². The average molecular weight is 259 g/mol. The normalized spacial score (nSPS) is 13.8. The van der Waals surface area contributed by atoms with Gasteiger partial charge in [-0.3, -0.25) is 0 Å². The lowest BCUT2D eigenvalue weighted by Gasteiger charge is -2.10. The molecule has 6 heteroatoms. The molecular formula is C12H16F3N3. The number of rotatable bonds is 5. The molecule has 0 amide bonds. The molecule has 3 nitrogen and oxygen atoms in total. The van der Waals surface area contributed by atoms with Crippen LogP contribution in [0, 0.1) is 0 Å². The molecule has 0 radical (unpaired) electrons. The quantitative estimate of drug-likeness (QED) is 0.345. The van der Waals surface area contributed by atoms with Gasteiger partial charge in [0.1, 0.15) is 0 Å². The van der Waals surface area contributed by atoms with Crippen molar-refractivity contribution in [1.82, 2.24) is 10.9 Å². The summed E-state index contributed by atoms with van der Waals surface area (Å²) in [4.78, 5) is 3.29. The van der Waals surface area contributed by atoms with E-state index in [1.54, 1.807) is 19.1 Å². The zero-order valence-corrected chi connectivity index (χ0v) is 10.3. The molecule has 0 saturated heterocycles. The standard InChI is InChI=1S/C12H16F3N3/c1-5-6-9(2)10(3)7-8-17-11(18-16-4)12(13,14)15/h5-8,16H,1,3H2,2,4H3,(H,17,18)/b8-7-,9-6+. The Labute approximate surface area is 104 Å². The van der Waals surface area contributed by atoms with Gasteiger partial charge in [-0.1, -0.05) is 25.3 Å². The monoisotopic (exact) mass is 259 g/mol. The number of hydrazine groups is 1. The van der Waals surface area contributed by atoms with Crippen LogP contribution in [0.1, 0.15) is 6.92 Å². The van der Waals surface area contributed by atoms with Crippen LogP contribution in [0.2, 0.25) is 0 Å². The van der Waals surface area contributed by atoms with Gasteiger partial charge in [0, 0.05) is 13.2 Å². The third kappa shape index (κ3) is 6.05. The first-order valence-corrected chi connectivity index (χ1v) is 5.05. The van der Waals surface area contributed by atoms with Gasteiger partial charge in [0.05, 0.1) is 0 Å². The fourth-order valence-electron chi connectivity index (χ4n) is 0.912. The number of hydrogen-bond donors (Lipinski definition) is 2. The molecule has 0 bridgehead atoms. The highest BCUT2D eigenvalue weighted by molar-refractivity contribution is 5.87. The number of hydrogen-bond acceptors (Lipinski definition) is 2. The summed E-state index contributed by atoms with van der Waals surface area (Å²) in [6.45, 7) is 8.97. The van der Waals surface area contributed by atoms with Crippen molar-refractivity contribution in [1.29, 1.82) is 0 Å². The van der Waals surface area contributed by atoms with E-state index in [1.165, 1.54) is 13.1 Å². The summed E-state index contributed by atoms with van der Waals surface area (Å²) in [6.07, 6.45) is 1.16. The molecule has 0 aliphatic rings. The second-order valence-electron chi connectivity index (χ2n) is 3.28. The molecule has 0 aromatic heterocycles. The van der Waals surface area contributed by atoms with Crippen molar-refractivity contribution in [3.05, 3.63) is 48.7 Å². The van der Waals surface area contributed by atoms with Gasteiger partial charge >= 0.3 is 6.18 Å². The number of amidine groups is 1. The highest BCUT2D eigenvalue weighted by atomic mass is 19.4. The van der Waals surface area contributed by atoms with Crippen molar-refractivity contribution >= 4 is 5.84 Å². The molecule has 0 heterocycles. The Morgan fingerprint density at radius 1 is 1.33 bits per heavy atom. The Hall–Kier alpha value is -1.82. The Morgan fingerprint density at radius 2 is 1.94 bits per heavy atom. The fourth-order valence-corrected chi connectivity index (χ4v) is 0.912. The number of nitrogens with one attached hydrogen (secondary N) is 2. The van der Waals surface area contributed by atoms with Gasteiger partial charge in [0.25, 0.3) is 0 Å². The molecular weight excluding hydrogens is 243 g/mol. The van der Waals surface area contributed by atoms with E-state index in [0.29, 0.717) is 5.57 Å². The summed E-state index contributed by atoms with van der Waals surface area (Å²) in [5.74, 6) is -1.13. The third-order valence-electron chi connectivity index (χ3n) is 1.87. The first-order chi connectivity index (χ1) is 8.32. The zero-order valence-electron chi connectivity index (χ0n) is 10.3. The lowest BCUT2D eigenvalue weighted by Crippen LogP contribution is -2.43. The topological polar surface area (TPSA) is 36.4 Å². The number of nitrogens with zero attached hydrogens (tertiary/aromatic N) is 1. The predicted octanol–water partition coefficient (Wildman–Crippen LogP) is 2.87. The minimum Gasteiger partial charge on any atom is -0.302 e. The molecule has 0 spiro atoms. The van der Waals surface area contributed by atoms with Crippen LogP contribution in [0.5, 0.6) is 0 Å². The van der Waals surface area contributed by atoms with Gasteiger partial charge in [-0.2, -0.15) is 13.2 Å². The summed E-state index contributed by atoms with van der Waals surface area (Å²) in [5, 5.41) is 0. The third-order valence-corrected chi connectivity index (χ3v) is 1.87. The maximum Gasteiger partial charge on any atom is 0.450 e. The molecule has 0 unspecified atom stereocenters. The Bertz CT molecular complexity index is 390. The molecule has 0 atom stereocenters. The average Bonchev–Trinajstić information content (AvgIpc) is 2.26. The summed E-state index contributed by atoms with van der Waals surface area (Å²) in [5.41, 5.74) is 5.45. The van der Waals surface area contributed by atoms with E-state index in [4.69, 9.17) is 0 Å². The van der Waals surface area contributed by atoms with Crippen LogP contribution in [-0.2, 0) is 0 Å². The van der Waals surface area contributed by atoms with Gasteiger partial charge in [-0.15, -0.1) is 0 Å². The summed E-state index contributed by atoms with van der Waals surface area (Å²) < 4.78 is 37.2. The first kappa shape index (κ1) is 16.2. The Morgan fingerprint density at radius 3 is 2.39 bits per heavy atom. The van der Waals surface area contributed by atoms with Gasteiger partial charge in [0.15, 0.2) is 0 Å². The summed E-state index contributed by atoms with van der Waals surface area (Å²) in [6, 6.07) is 0.